The minimum absolute atomic E-state index is 0.0139. The number of nitrogens with two attached hydrogens (primary N) is 1. The van der Waals surface area contributed by atoms with Gasteiger partial charge in [-0.15, -0.1) is 0 Å². The first-order valence-corrected chi connectivity index (χ1v) is 7.62. The maximum absolute atomic E-state index is 12.2. The number of pyridine rings is 1. The molecular weight excluding hydrogens is 272 g/mol. The van der Waals surface area contributed by atoms with Crippen LogP contribution in [0.5, 0.6) is 0 Å². The van der Waals surface area contributed by atoms with Gasteiger partial charge in [0.2, 0.25) is 0 Å². The molecule has 2 aromatic carbocycles. The van der Waals surface area contributed by atoms with Crippen molar-refractivity contribution in [3.8, 4) is 0 Å². The van der Waals surface area contributed by atoms with E-state index in [4.69, 9.17) is 0 Å². The Bertz CT molecular complexity index is 850. The first kappa shape index (κ1) is 14.5. The van der Waals surface area contributed by atoms with E-state index >= 15 is 0 Å². The van der Waals surface area contributed by atoms with Crippen molar-refractivity contribution in [3.05, 3.63) is 81.1 Å². The number of aromatic amines is 1. The molecule has 0 radical (unpaired) electrons. The monoisotopic (exact) mass is 293 g/mol. The van der Waals surface area contributed by atoms with Crippen molar-refractivity contribution in [2.24, 2.45) is 0 Å². The Morgan fingerprint density at radius 1 is 0.955 bits per heavy atom. The second-order valence-corrected chi connectivity index (χ2v) is 5.83. The Labute approximate surface area is 130 Å². The van der Waals surface area contributed by atoms with Gasteiger partial charge in [-0.3, -0.25) is 4.79 Å². The molecule has 1 heterocycles. The van der Waals surface area contributed by atoms with Gasteiger partial charge in [-0.2, -0.15) is 0 Å². The van der Waals surface area contributed by atoms with Crippen LogP contribution in [-0.2, 0) is 13.1 Å². The lowest BCUT2D eigenvalue weighted by molar-refractivity contribution is -0.686. The molecule has 0 aliphatic carbocycles. The van der Waals surface area contributed by atoms with Gasteiger partial charge in [0.25, 0.3) is 5.56 Å². The lowest BCUT2D eigenvalue weighted by Crippen LogP contribution is -2.81. The first-order chi connectivity index (χ1) is 10.6. The lowest BCUT2D eigenvalue weighted by atomic mass is 10.0. The van der Waals surface area contributed by atoms with Crippen LogP contribution in [0.4, 0.5) is 0 Å². The minimum Gasteiger partial charge on any atom is -0.339 e. The predicted octanol–water partition coefficient (Wildman–Crippen LogP) is 2.41. The van der Waals surface area contributed by atoms with Crippen molar-refractivity contribution < 1.29 is 5.32 Å². The zero-order valence-electron chi connectivity index (χ0n) is 13.0. The molecular formula is C19H21N2O+. The molecule has 3 aromatic rings. The van der Waals surface area contributed by atoms with E-state index in [2.05, 4.69) is 42.3 Å². The van der Waals surface area contributed by atoms with Gasteiger partial charge in [0.1, 0.15) is 13.1 Å². The Balaban J connectivity index is 1.80. The number of hydrogen-bond acceptors (Lipinski definition) is 1. The smallest absolute Gasteiger partial charge is 0.257 e. The van der Waals surface area contributed by atoms with E-state index in [1.807, 2.05) is 30.3 Å². The largest absolute Gasteiger partial charge is 0.339 e. The summed E-state index contributed by atoms with van der Waals surface area (Å²) in [7, 11) is 0. The summed E-state index contributed by atoms with van der Waals surface area (Å²) in [6.07, 6.45) is 0. The zero-order valence-corrected chi connectivity index (χ0v) is 13.0. The molecule has 3 nitrogen and oxygen atoms in total. The third-order valence-corrected chi connectivity index (χ3v) is 4.12. The zero-order chi connectivity index (χ0) is 15.5. The highest BCUT2D eigenvalue weighted by molar-refractivity contribution is 5.80. The number of quaternary nitrogens is 1. The van der Waals surface area contributed by atoms with E-state index in [-0.39, 0.29) is 5.56 Å². The van der Waals surface area contributed by atoms with Crippen LogP contribution in [0.15, 0.2) is 53.3 Å². The highest BCUT2D eigenvalue weighted by Gasteiger charge is 2.06. The molecule has 0 atom stereocenters. The molecule has 22 heavy (non-hydrogen) atoms. The summed E-state index contributed by atoms with van der Waals surface area (Å²) in [5, 5.41) is 3.26. The molecule has 0 amide bonds. The topological polar surface area (TPSA) is 49.5 Å². The quantitative estimate of drug-likeness (QED) is 0.762. The van der Waals surface area contributed by atoms with Crippen molar-refractivity contribution in [1.82, 2.24) is 4.98 Å². The SMILES string of the molecule is Cc1cc2cc(C[NH2+]Cc3ccccc3)c(=O)[nH]c2cc1C. The maximum Gasteiger partial charge on any atom is 0.257 e. The van der Waals surface area contributed by atoms with Crippen LogP contribution < -0.4 is 10.9 Å². The van der Waals surface area contributed by atoms with Gasteiger partial charge in [-0.25, -0.2) is 0 Å². The van der Waals surface area contributed by atoms with Gasteiger partial charge in [-0.05, 0) is 48.6 Å². The summed E-state index contributed by atoms with van der Waals surface area (Å²) >= 11 is 0. The van der Waals surface area contributed by atoms with Gasteiger partial charge in [-0.1, -0.05) is 30.3 Å². The van der Waals surface area contributed by atoms with E-state index < -0.39 is 0 Å². The number of aromatic nitrogens is 1. The molecule has 0 spiro atoms. The van der Waals surface area contributed by atoms with Crippen molar-refractivity contribution in [3.63, 3.8) is 0 Å². The fourth-order valence-electron chi connectivity index (χ4n) is 2.68. The molecule has 0 aliphatic rings. The first-order valence-electron chi connectivity index (χ1n) is 7.62. The number of benzene rings is 2. The van der Waals surface area contributed by atoms with Crippen LogP contribution in [0.1, 0.15) is 22.3 Å². The summed E-state index contributed by atoms with van der Waals surface area (Å²) in [6.45, 7) is 5.73. The summed E-state index contributed by atoms with van der Waals surface area (Å²) in [5.41, 5.74) is 5.48. The predicted molar refractivity (Wildman–Crippen MR) is 89.8 cm³/mol. The molecule has 3 N–H and O–H groups in total. The van der Waals surface area contributed by atoms with E-state index in [9.17, 15) is 4.79 Å². The van der Waals surface area contributed by atoms with Crippen LogP contribution in [0.2, 0.25) is 0 Å². The van der Waals surface area contributed by atoms with Gasteiger partial charge in [0.05, 0.1) is 5.56 Å². The number of fused-ring (bicyclic) bond motifs is 1. The second kappa shape index (κ2) is 6.16. The third-order valence-electron chi connectivity index (χ3n) is 4.12. The average molecular weight is 293 g/mol. The molecule has 112 valence electrons. The summed E-state index contributed by atoms with van der Waals surface area (Å²) < 4.78 is 0. The third kappa shape index (κ3) is 3.10. The Kier molecular flexibility index (Phi) is 4.07. The molecule has 1 aromatic heterocycles. The van der Waals surface area contributed by atoms with Gasteiger partial charge in [0.15, 0.2) is 0 Å². The van der Waals surface area contributed by atoms with Crippen LogP contribution in [0.3, 0.4) is 0 Å². The Morgan fingerprint density at radius 3 is 2.45 bits per heavy atom. The molecule has 3 heteroatoms. The maximum atomic E-state index is 12.2. The van der Waals surface area contributed by atoms with E-state index in [1.54, 1.807) is 0 Å². The molecule has 0 fully saturated rings. The lowest BCUT2D eigenvalue weighted by Gasteiger charge is -2.06. The van der Waals surface area contributed by atoms with Gasteiger partial charge >= 0.3 is 0 Å². The summed E-state index contributed by atoms with van der Waals surface area (Å²) in [4.78, 5) is 15.2. The normalized spacial score (nSPS) is 11.0. The van der Waals surface area contributed by atoms with Crippen molar-refractivity contribution in [2.45, 2.75) is 26.9 Å². The average Bonchev–Trinajstić information content (AvgIpc) is 2.51. The van der Waals surface area contributed by atoms with Crippen LogP contribution in [0.25, 0.3) is 10.9 Å². The summed E-state index contributed by atoms with van der Waals surface area (Å²) in [6, 6.07) is 16.5. The van der Waals surface area contributed by atoms with Crippen molar-refractivity contribution in [1.29, 1.82) is 0 Å². The van der Waals surface area contributed by atoms with Crippen LogP contribution in [-0.4, -0.2) is 4.98 Å². The van der Waals surface area contributed by atoms with Gasteiger partial charge in [0, 0.05) is 11.1 Å². The van der Waals surface area contributed by atoms with Crippen LogP contribution in [0, 0.1) is 13.8 Å². The molecule has 0 bridgehead atoms. The van der Waals surface area contributed by atoms with E-state index in [0.717, 1.165) is 23.0 Å². The Hall–Kier alpha value is -2.39. The molecule has 3 rings (SSSR count). The number of H-pyrrole nitrogens is 1. The standard InChI is InChI=1S/C19H20N2O/c1-13-8-16-10-17(19(22)21-18(16)9-14(13)2)12-20-11-15-6-4-3-5-7-15/h3-10,20H,11-12H2,1-2H3,(H,21,22)/p+1. The Morgan fingerprint density at radius 2 is 1.68 bits per heavy atom. The minimum atomic E-state index is 0.0139. The molecule has 0 saturated heterocycles. The summed E-state index contributed by atoms with van der Waals surface area (Å²) in [5.74, 6) is 0. The second-order valence-electron chi connectivity index (χ2n) is 5.83. The van der Waals surface area contributed by atoms with Crippen LogP contribution >= 0.6 is 0 Å². The molecule has 0 unspecified atom stereocenters. The number of nitrogens with one attached hydrogen (secondary N) is 1. The fourth-order valence-corrected chi connectivity index (χ4v) is 2.68. The number of aryl methyl sites for hydroxylation is 2. The number of rotatable bonds is 4. The van der Waals surface area contributed by atoms with Crippen molar-refractivity contribution in [2.75, 3.05) is 0 Å². The number of hydrogen-bond donors (Lipinski definition) is 2. The van der Waals surface area contributed by atoms with Gasteiger partial charge < -0.3 is 10.3 Å². The van der Waals surface area contributed by atoms with Crippen molar-refractivity contribution >= 4 is 10.9 Å². The molecule has 0 aliphatic heterocycles. The van der Waals surface area contributed by atoms with E-state index in [1.165, 1.54) is 16.7 Å². The molecule has 0 saturated carbocycles. The fraction of sp³-hybridized carbons (Fsp3) is 0.211. The highest BCUT2D eigenvalue weighted by Crippen LogP contribution is 2.16. The van der Waals surface area contributed by atoms with E-state index in [0.29, 0.717) is 6.54 Å². The highest BCUT2D eigenvalue weighted by atomic mass is 16.1.